The number of amides is 2. The normalized spacial score (nSPS) is 17.3. The van der Waals surface area contributed by atoms with Crippen LogP contribution in [0, 0.1) is 13.8 Å². The van der Waals surface area contributed by atoms with Crippen molar-refractivity contribution in [1.29, 1.82) is 0 Å². The van der Waals surface area contributed by atoms with E-state index in [2.05, 4.69) is 10.1 Å². The Morgan fingerprint density at radius 1 is 1.22 bits per heavy atom. The van der Waals surface area contributed by atoms with Crippen molar-refractivity contribution in [3.8, 4) is 5.75 Å². The number of aryl methyl sites for hydroxylation is 2. The summed E-state index contributed by atoms with van der Waals surface area (Å²) in [6, 6.07) is 2.18. The number of carbonyl (C=O) groups is 2. The lowest BCUT2D eigenvalue weighted by Gasteiger charge is -2.35. The van der Waals surface area contributed by atoms with Crippen molar-refractivity contribution < 1.29 is 27.8 Å². The monoisotopic (exact) mass is 382 g/mol. The molecule has 0 bridgehead atoms. The fourth-order valence-corrected chi connectivity index (χ4v) is 3.31. The largest absolute Gasteiger partial charge is 0.463 e. The number of allylic oxidation sites excluding steroid dienone is 1. The second-order valence-corrected chi connectivity index (χ2v) is 6.21. The van der Waals surface area contributed by atoms with Crippen molar-refractivity contribution in [2.75, 3.05) is 13.2 Å². The van der Waals surface area contributed by atoms with Gasteiger partial charge in [0.25, 0.3) is 0 Å². The number of alkyl halides is 2. The van der Waals surface area contributed by atoms with Crippen LogP contribution in [0.4, 0.5) is 13.6 Å². The van der Waals surface area contributed by atoms with Crippen LogP contribution in [0.15, 0.2) is 23.4 Å². The quantitative estimate of drug-likeness (QED) is 0.760. The lowest BCUT2D eigenvalue weighted by Crippen LogP contribution is -2.47. The van der Waals surface area contributed by atoms with Crippen LogP contribution in [0.5, 0.6) is 5.75 Å². The molecule has 1 aromatic rings. The number of nitrogens with zero attached hydrogens (tertiary/aromatic N) is 1. The van der Waals surface area contributed by atoms with Crippen LogP contribution in [0.3, 0.4) is 0 Å². The number of halogens is 2. The van der Waals surface area contributed by atoms with Gasteiger partial charge in [0.05, 0.1) is 18.2 Å². The Kier molecular flexibility index (Phi) is 6.41. The number of esters is 1. The van der Waals surface area contributed by atoms with E-state index in [1.165, 1.54) is 4.90 Å². The molecule has 8 heteroatoms. The minimum absolute atomic E-state index is 0.0875. The second-order valence-electron chi connectivity index (χ2n) is 6.21. The number of carbonyl (C=O) groups excluding carboxylic acids is 2. The zero-order valence-electron chi connectivity index (χ0n) is 16.1. The fraction of sp³-hybridized carbons (Fsp3) is 0.474. The lowest BCUT2D eigenvalue weighted by molar-refractivity contribution is -0.139. The van der Waals surface area contributed by atoms with Gasteiger partial charge in [-0.05, 0) is 63.4 Å². The van der Waals surface area contributed by atoms with Gasteiger partial charge in [0, 0.05) is 12.2 Å². The predicted octanol–water partition coefficient (Wildman–Crippen LogP) is 3.83. The average Bonchev–Trinajstić information content (AvgIpc) is 2.57. The molecule has 0 spiro atoms. The van der Waals surface area contributed by atoms with E-state index in [0.717, 1.165) is 0 Å². The third-order valence-electron chi connectivity index (χ3n) is 4.43. The van der Waals surface area contributed by atoms with Crippen molar-refractivity contribution in [3.05, 3.63) is 40.1 Å². The van der Waals surface area contributed by atoms with Crippen LogP contribution in [-0.4, -0.2) is 36.7 Å². The number of hydrogen-bond acceptors (Lipinski definition) is 4. The van der Waals surface area contributed by atoms with Gasteiger partial charge in [-0.1, -0.05) is 0 Å². The highest BCUT2D eigenvalue weighted by atomic mass is 19.3. The van der Waals surface area contributed by atoms with E-state index in [0.29, 0.717) is 34.5 Å². The Morgan fingerprint density at radius 3 is 2.30 bits per heavy atom. The maximum atomic E-state index is 12.6. The lowest BCUT2D eigenvalue weighted by atomic mass is 9.92. The summed E-state index contributed by atoms with van der Waals surface area (Å²) in [6.45, 7) is 6.13. The van der Waals surface area contributed by atoms with Crippen molar-refractivity contribution in [2.24, 2.45) is 0 Å². The average molecular weight is 382 g/mol. The molecule has 1 aliphatic heterocycles. The molecule has 1 N–H and O–H groups in total. The van der Waals surface area contributed by atoms with Gasteiger partial charge in [-0.15, -0.1) is 0 Å². The van der Waals surface area contributed by atoms with Crippen molar-refractivity contribution in [3.63, 3.8) is 0 Å². The molecular weight excluding hydrogens is 358 g/mol. The summed E-state index contributed by atoms with van der Waals surface area (Å²) >= 11 is 0. The van der Waals surface area contributed by atoms with Crippen LogP contribution in [0.1, 0.15) is 43.5 Å². The zero-order chi connectivity index (χ0) is 20.3. The summed E-state index contributed by atoms with van der Waals surface area (Å²) in [6.07, 6.45) is 0. The number of benzene rings is 1. The smallest absolute Gasteiger partial charge is 0.387 e. The number of nitrogens with one attached hydrogen (secondary N) is 1. The van der Waals surface area contributed by atoms with E-state index >= 15 is 0 Å². The molecular formula is C19H24F2N2O4. The van der Waals surface area contributed by atoms with E-state index < -0.39 is 18.6 Å². The van der Waals surface area contributed by atoms with Gasteiger partial charge in [0.1, 0.15) is 5.75 Å². The minimum atomic E-state index is -2.93. The van der Waals surface area contributed by atoms with Crippen molar-refractivity contribution in [1.82, 2.24) is 10.2 Å². The Hall–Kier alpha value is -2.64. The topological polar surface area (TPSA) is 67.9 Å². The molecule has 1 heterocycles. The van der Waals surface area contributed by atoms with E-state index in [1.54, 1.807) is 46.8 Å². The maximum absolute atomic E-state index is 12.6. The Labute approximate surface area is 157 Å². The first-order chi connectivity index (χ1) is 12.7. The van der Waals surface area contributed by atoms with Crippen LogP contribution in [-0.2, 0) is 9.53 Å². The molecule has 0 radical (unpaired) electrons. The van der Waals surface area contributed by atoms with Crippen molar-refractivity contribution in [2.45, 2.75) is 47.3 Å². The standard InChI is InChI=1S/C19H24F2N2O4/c1-6-23-12(5)14(17(24)26-7-2)15(22-19(23)25)13-8-10(3)16(11(4)9-13)27-18(20)21/h8-9,15,18H,6-7H2,1-5H3,(H,22,25)/t15-/m1/s1. The second kappa shape index (κ2) is 8.37. The van der Waals surface area contributed by atoms with Gasteiger partial charge in [0.15, 0.2) is 0 Å². The summed E-state index contributed by atoms with van der Waals surface area (Å²) in [5, 5.41) is 2.81. The molecule has 0 saturated carbocycles. The van der Waals surface area contributed by atoms with Gasteiger partial charge in [-0.2, -0.15) is 8.78 Å². The highest BCUT2D eigenvalue weighted by molar-refractivity contribution is 5.95. The van der Waals surface area contributed by atoms with Gasteiger partial charge in [-0.25, -0.2) is 9.59 Å². The third-order valence-corrected chi connectivity index (χ3v) is 4.43. The van der Waals surface area contributed by atoms with E-state index in [-0.39, 0.29) is 18.4 Å². The molecule has 0 aromatic heterocycles. The van der Waals surface area contributed by atoms with Crippen LogP contribution in [0.25, 0.3) is 0 Å². The summed E-state index contributed by atoms with van der Waals surface area (Å²) in [5.41, 5.74) is 2.39. The molecule has 0 fully saturated rings. The van der Waals surface area contributed by atoms with Gasteiger partial charge < -0.3 is 14.8 Å². The molecule has 2 amide bonds. The van der Waals surface area contributed by atoms with Crippen LogP contribution in [0.2, 0.25) is 0 Å². The fourth-order valence-electron chi connectivity index (χ4n) is 3.31. The van der Waals surface area contributed by atoms with Crippen LogP contribution < -0.4 is 10.1 Å². The molecule has 0 saturated heterocycles. The molecule has 0 aliphatic carbocycles. The number of rotatable bonds is 6. The Bertz CT molecular complexity index is 754. The van der Waals surface area contributed by atoms with Crippen molar-refractivity contribution >= 4 is 12.0 Å². The molecule has 1 aliphatic rings. The molecule has 2 rings (SSSR count). The molecule has 1 aromatic carbocycles. The number of ether oxygens (including phenoxy) is 2. The van der Waals surface area contributed by atoms with Gasteiger partial charge in [-0.3, -0.25) is 4.90 Å². The summed E-state index contributed by atoms with van der Waals surface area (Å²) in [4.78, 5) is 26.4. The first-order valence-corrected chi connectivity index (χ1v) is 8.73. The SMILES string of the molecule is CCOC(=O)C1=C(C)N(CC)C(=O)N[C@@H]1c1cc(C)c(OC(F)F)c(C)c1. The molecule has 1 atom stereocenters. The highest BCUT2D eigenvalue weighted by Gasteiger charge is 2.36. The molecule has 148 valence electrons. The molecule has 6 nitrogen and oxygen atoms in total. The maximum Gasteiger partial charge on any atom is 0.387 e. The Morgan fingerprint density at radius 2 is 1.81 bits per heavy atom. The Balaban J connectivity index is 2.56. The summed E-state index contributed by atoms with van der Waals surface area (Å²) in [5.74, 6) is -0.439. The number of hydrogen-bond donors (Lipinski definition) is 1. The molecule has 27 heavy (non-hydrogen) atoms. The number of urea groups is 1. The van der Waals surface area contributed by atoms with E-state index in [1.807, 2.05) is 0 Å². The van der Waals surface area contributed by atoms with Gasteiger partial charge in [0.2, 0.25) is 0 Å². The first kappa shape index (κ1) is 20.7. The predicted molar refractivity (Wildman–Crippen MR) is 95.5 cm³/mol. The summed E-state index contributed by atoms with van der Waals surface area (Å²) in [7, 11) is 0. The first-order valence-electron chi connectivity index (χ1n) is 8.73. The van der Waals surface area contributed by atoms with E-state index in [4.69, 9.17) is 4.74 Å². The van der Waals surface area contributed by atoms with Gasteiger partial charge >= 0.3 is 18.6 Å². The summed E-state index contributed by atoms with van der Waals surface area (Å²) < 4.78 is 35.0. The zero-order valence-corrected chi connectivity index (χ0v) is 16.1. The molecule has 0 unspecified atom stereocenters. The van der Waals surface area contributed by atoms with Crippen LogP contribution >= 0.6 is 0 Å². The highest BCUT2D eigenvalue weighted by Crippen LogP contribution is 2.35. The third kappa shape index (κ3) is 4.20. The van der Waals surface area contributed by atoms with E-state index in [9.17, 15) is 18.4 Å². The minimum Gasteiger partial charge on any atom is -0.463 e.